The van der Waals surface area contributed by atoms with Gasteiger partial charge in [0.25, 0.3) is 0 Å². The number of carboxylic acids is 1. The summed E-state index contributed by atoms with van der Waals surface area (Å²) in [5, 5.41) is 12.5. The molecular weight excluding hydrogens is 290 g/mol. The van der Waals surface area contributed by atoms with E-state index in [1.54, 1.807) is 24.3 Å². The molecule has 0 bridgehead atoms. The Hall–Kier alpha value is -1.55. The molecule has 5 heteroatoms. The van der Waals surface area contributed by atoms with E-state index in [0.717, 1.165) is 18.4 Å². The number of hydrogen-bond donors (Lipinski definition) is 2. The minimum absolute atomic E-state index is 0.0666. The van der Waals surface area contributed by atoms with Crippen molar-refractivity contribution in [1.82, 2.24) is 5.32 Å². The summed E-state index contributed by atoms with van der Waals surface area (Å²) in [5.41, 5.74) is 0.765. The smallest absolute Gasteiger partial charge is 0.305 e. The molecule has 0 aliphatic heterocycles. The molecule has 1 saturated carbocycles. The summed E-state index contributed by atoms with van der Waals surface area (Å²) in [5.74, 6) is -0.556. The molecule has 1 aromatic carbocycles. The molecule has 2 N–H and O–H groups in total. The molecule has 114 valence electrons. The lowest BCUT2D eigenvalue weighted by Crippen LogP contribution is -2.31. The van der Waals surface area contributed by atoms with Gasteiger partial charge in [0, 0.05) is 11.4 Å². The highest BCUT2D eigenvalue weighted by Crippen LogP contribution is 2.28. The zero-order valence-corrected chi connectivity index (χ0v) is 12.6. The summed E-state index contributed by atoms with van der Waals surface area (Å²) in [4.78, 5) is 23.1. The van der Waals surface area contributed by atoms with E-state index in [4.69, 9.17) is 16.7 Å². The molecule has 1 aliphatic rings. The molecule has 0 saturated heterocycles. The molecule has 2 rings (SSSR count). The fourth-order valence-electron chi connectivity index (χ4n) is 2.85. The van der Waals surface area contributed by atoms with Crippen LogP contribution in [0.5, 0.6) is 0 Å². The molecule has 1 aliphatic carbocycles. The average Bonchev–Trinajstić information content (AvgIpc) is 2.91. The summed E-state index contributed by atoms with van der Waals surface area (Å²) < 4.78 is 0. The van der Waals surface area contributed by atoms with Gasteiger partial charge in [-0.3, -0.25) is 9.59 Å². The molecule has 4 nitrogen and oxygen atoms in total. The summed E-state index contributed by atoms with van der Waals surface area (Å²) in [7, 11) is 0. The molecule has 21 heavy (non-hydrogen) atoms. The Bertz CT molecular complexity index is 495. The van der Waals surface area contributed by atoms with E-state index in [-0.39, 0.29) is 12.3 Å². The van der Waals surface area contributed by atoms with Crippen molar-refractivity contribution in [1.29, 1.82) is 0 Å². The quantitative estimate of drug-likeness (QED) is 0.844. The van der Waals surface area contributed by atoms with Crippen LogP contribution in [-0.2, 0) is 9.59 Å². The van der Waals surface area contributed by atoms with Crippen LogP contribution in [0.4, 0.5) is 0 Å². The molecule has 1 amide bonds. The fraction of sp³-hybridized carbons (Fsp3) is 0.500. The number of carboxylic acid groups (broad SMARTS) is 1. The first-order chi connectivity index (χ1) is 10.0. The summed E-state index contributed by atoms with van der Waals surface area (Å²) in [6.45, 7) is 0. The highest BCUT2D eigenvalue weighted by molar-refractivity contribution is 6.30. The lowest BCUT2D eigenvalue weighted by Gasteiger charge is -2.19. The van der Waals surface area contributed by atoms with E-state index in [1.807, 2.05) is 0 Å². The second kappa shape index (κ2) is 7.46. The zero-order valence-electron chi connectivity index (χ0n) is 11.8. The van der Waals surface area contributed by atoms with Gasteiger partial charge in [0.1, 0.15) is 0 Å². The normalized spacial score (nSPS) is 16.6. The van der Waals surface area contributed by atoms with Crippen LogP contribution in [0.1, 0.15) is 50.1 Å². The molecule has 0 aromatic heterocycles. The maximum Gasteiger partial charge on any atom is 0.305 e. The highest BCUT2D eigenvalue weighted by atomic mass is 35.5. The number of halogens is 1. The largest absolute Gasteiger partial charge is 0.481 e. The molecule has 1 fully saturated rings. The third kappa shape index (κ3) is 5.05. The molecule has 1 aromatic rings. The van der Waals surface area contributed by atoms with Crippen LogP contribution in [-0.4, -0.2) is 17.0 Å². The van der Waals surface area contributed by atoms with Gasteiger partial charge in [-0.15, -0.1) is 0 Å². The number of carbonyl (C=O) groups is 2. The van der Waals surface area contributed by atoms with Gasteiger partial charge in [0.2, 0.25) is 5.91 Å². The standard InChI is InChI=1S/C16H20ClNO3/c17-13-7-5-12(6-8-13)14(10-16(20)21)18-15(19)9-11-3-1-2-4-11/h5-8,11,14H,1-4,9-10H2,(H,18,19)(H,20,21)/t14-/m0/s1. The van der Waals surface area contributed by atoms with Gasteiger partial charge in [-0.2, -0.15) is 0 Å². The van der Waals surface area contributed by atoms with Crippen molar-refractivity contribution < 1.29 is 14.7 Å². The topological polar surface area (TPSA) is 66.4 Å². The lowest BCUT2D eigenvalue weighted by molar-refractivity contribution is -0.137. The maximum atomic E-state index is 12.1. The number of nitrogens with one attached hydrogen (secondary N) is 1. The van der Waals surface area contributed by atoms with E-state index in [9.17, 15) is 9.59 Å². The zero-order chi connectivity index (χ0) is 15.2. The van der Waals surface area contributed by atoms with Gasteiger partial charge in [0.05, 0.1) is 12.5 Å². The van der Waals surface area contributed by atoms with Gasteiger partial charge >= 0.3 is 5.97 Å². The van der Waals surface area contributed by atoms with E-state index < -0.39 is 12.0 Å². The second-order valence-electron chi connectivity index (χ2n) is 5.62. The third-order valence-electron chi connectivity index (χ3n) is 3.94. The number of amides is 1. The van der Waals surface area contributed by atoms with Crippen molar-refractivity contribution in [3.8, 4) is 0 Å². The van der Waals surface area contributed by atoms with E-state index in [2.05, 4.69) is 5.32 Å². The summed E-state index contributed by atoms with van der Waals surface area (Å²) >= 11 is 5.84. The van der Waals surface area contributed by atoms with Crippen molar-refractivity contribution in [2.45, 2.75) is 44.6 Å². The fourth-order valence-corrected chi connectivity index (χ4v) is 2.98. The number of hydrogen-bond acceptors (Lipinski definition) is 2. The Labute approximate surface area is 129 Å². The number of benzene rings is 1. The van der Waals surface area contributed by atoms with Crippen LogP contribution in [0.25, 0.3) is 0 Å². The molecule has 1 atom stereocenters. The van der Waals surface area contributed by atoms with Crippen molar-refractivity contribution in [2.75, 3.05) is 0 Å². The van der Waals surface area contributed by atoms with E-state index in [0.29, 0.717) is 17.4 Å². The van der Waals surface area contributed by atoms with Crippen LogP contribution in [0.3, 0.4) is 0 Å². The van der Waals surface area contributed by atoms with Crippen molar-refractivity contribution >= 4 is 23.5 Å². The second-order valence-corrected chi connectivity index (χ2v) is 6.06. The maximum absolute atomic E-state index is 12.1. The van der Waals surface area contributed by atoms with Crippen LogP contribution < -0.4 is 5.32 Å². The minimum Gasteiger partial charge on any atom is -0.481 e. The van der Waals surface area contributed by atoms with Gasteiger partial charge in [-0.25, -0.2) is 0 Å². The monoisotopic (exact) mass is 309 g/mol. The van der Waals surface area contributed by atoms with Crippen LogP contribution >= 0.6 is 11.6 Å². The summed E-state index contributed by atoms with van der Waals surface area (Å²) in [6.07, 6.45) is 4.93. The van der Waals surface area contributed by atoms with Crippen molar-refractivity contribution in [2.24, 2.45) is 5.92 Å². The average molecular weight is 310 g/mol. The van der Waals surface area contributed by atoms with Gasteiger partial charge in [-0.05, 0) is 36.5 Å². The van der Waals surface area contributed by atoms with E-state index in [1.165, 1.54) is 12.8 Å². The molecule has 0 radical (unpaired) electrons. The molecule has 0 spiro atoms. The van der Waals surface area contributed by atoms with Gasteiger partial charge in [0.15, 0.2) is 0 Å². The Morgan fingerprint density at radius 2 is 1.86 bits per heavy atom. The number of rotatable bonds is 6. The van der Waals surface area contributed by atoms with Crippen LogP contribution in [0, 0.1) is 5.92 Å². The highest BCUT2D eigenvalue weighted by Gasteiger charge is 2.22. The van der Waals surface area contributed by atoms with Gasteiger partial charge < -0.3 is 10.4 Å². The first kappa shape index (κ1) is 15.8. The first-order valence-corrected chi connectivity index (χ1v) is 7.69. The first-order valence-electron chi connectivity index (χ1n) is 7.31. The van der Waals surface area contributed by atoms with Crippen molar-refractivity contribution in [3.63, 3.8) is 0 Å². The van der Waals surface area contributed by atoms with Crippen molar-refractivity contribution in [3.05, 3.63) is 34.9 Å². The number of carbonyl (C=O) groups excluding carboxylic acids is 1. The SMILES string of the molecule is O=C(O)C[C@H](NC(=O)CC1CCCC1)c1ccc(Cl)cc1. The predicted molar refractivity (Wildman–Crippen MR) is 81.2 cm³/mol. The Morgan fingerprint density at radius 3 is 2.43 bits per heavy atom. The number of aliphatic carboxylic acids is 1. The summed E-state index contributed by atoms with van der Waals surface area (Å²) in [6, 6.07) is 6.41. The lowest BCUT2D eigenvalue weighted by atomic mass is 10.0. The molecule has 0 unspecified atom stereocenters. The van der Waals surface area contributed by atoms with Crippen LogP contribution in [0.15, 0.2) is 24.3 Å². The predicted octanol–water partition coefficient (Wildman–Crippen LogP) is 3.55. The third-order valence-corrected chi connectivity index (χ3v) is 4.19. The Balaban J connectivity index is 1.99. The molecular formula is C16H20ClNO3. The van der Waals surface area contributed by atoms with E-state index >= 15 is 0 Å². The Morgan fingerprint density at radius 1 is 1.24 bits per heavy atom. The molecule has 0 heterocycles. The van der Waals surface area contributed by atoms with Crippen LogP contribution in [0.2, 0.25) is 5.02 Å². The Kier molecular flexibility index (Phi) is 5.62. The van der Waals surface area contributed by atoms with Gasteiger partial charge in [-0.1, -0.05) is 36.6 Å². The minimum atomic E-state index is -0.934.